The summed E-state index contributed by atoms with van der Waals surface area (Å²) in [6.45, 7) is 4.08. The molecule has 0 aliphatic carbocycles. The number of ether oxygens (including phenoxy) is 1. The SMILES string of the molecule is CCOc1ccccc1Cc1ccc([C@@H]2CCCN(C(=O)Cc3ccc(F)cc3)C2)nc1. The molecule has 5 heteroatoms. The number of amides is 1. The minimum Gasteiger partial charge on any atom is -0.494 e. The third-order valence-electron chi connectivity index (χ3n) is 5.98. The zero-order valence-electron chi connectivity index (χ0n) is 18.5. The summed E-state index contributed by atoms with van der Waals surface area (Å²) in [6.07, 6.45) is 5.01. The standard InChI is InChI=1S/C27H29FN2O2/c1-2-32-26-8-4-3-6-22(26)16-21-11-14-25(29-18-21)23-7-5-15-30(19-23)27(31)17-20-9-12-24(28)13-10-20/h3-4,6,8-14,18,23H,2,5,7,15-17,19H2,1H3/t23-/m1/s1. The topological polar surface area (TPSA) is 42.4 Å². The van der Waals surface area contributed by atoms with Crippen LogP contribution >= 0.6 is 0 Å². The van der Waals surface area contributed by atoms with Crippen LogP contribution in [0, 0.1) is 5.82 Å². The second-order valence-corrected chi connectivity index (χ2v) is 8.29. The third kappa shape index (κ3) is 5.52. The van der Waals surface area contributed by atoms with Crippen LogP contribution in [-0.4, -0.2) is 35.5 Å². The van der Waals surface area contributed by atoms with E-state index in [0.29, 0.717) is 19.6 Å². The summed E-state index contributed by atoms with van der Waals surface area (Å²) < 4.78 is 18.8. The lowest BCUT2D eigenvalue weighted by Gasteiger charge is -2.32. The average molecular weight is 433 g/mol. The zero-order chi connectivity index (χ0) is 22.3. The molecular weight excluding hydrogens is 403 g/mol. The predicted molar refractivity (Wildman–Crippen MR) is 123 cm³/mol. The molecule has 1 aromatic heterocycles. The van der Waals surface area contributed by atoms with Crippen LogP contribution in [0.1, 0.15) is 48.1 Å². The van der Waals surface area contributed by atoms with Crippen molar-refractivity contribution in [1.29, 1.82) is 0 Å². The number of rotatable bonds is 7. The van der Waals surface area contributed by atoms with E-state index in [1.165, 1.54) is 12.1 Å². The van der Waals surface area contributed by atoms with Crippen molar-refractivity contribution in [2.24, 2.45) is 0 Å². The Kier molecular flexibility index (Phi) is 7.15. The Morgan fingerprint density at radius 3 is 2.62 bits per heavy atom. The van der Waals surface area contributed by atoms with Gasteiger partial charge in [0, 0.05) is 37.3 Å². The van der Waals surface area contributed by atoms with Gasteiger partial charge in [-0.2, -0.15) is 0 Å². The molecule has 0 saturated carbocycles. The number of nitrogens with zero attached hydrogens (tertiary/aromatic N) is 2. The number of piperidine rings is 1. The molecule has 1 aliphatic heterocycles. The van der Waals surface area contributed by atoms with E-state index in [2.05, 4.69) is 18.2 Å². The van der Waals surface area contributed by atoms with Crippen LogP contribution in [-0.2, 0) is 17.6 Å². The van der Waals surface area contributed by atoms with Crippen LogP contribution in [0.4, 0.5) is 4.39 Å². The average Bonchev–Trinajstić information content (AvgIpc) is 2.82. The Morgan fingerprint density at radius 1 is 1.09 bits per heavy atom. The lowest BCUT2D eigenvalue weighted by molar-refractivity contribution is -0.131. The highest BCUT2D eigenvalue weighted by Gasteiger charge is 2.25. The highest BCUT2D eigenvalue weighted by molar-refractivity contribution is 5.79. The van der Waals surface area contributed by atoms with E-state index in [4.69, 9.17) is 9.72 Å². The van der Waals surface area contributed by atoms with Crippen molar-refractivity contribution in [2.45, 2.75) is 38.5 Å². The molecule has 0 bridgehead atoms. The molecule has 1 aliphatic rings. The minimum absolute atomic E-state index is 0.0884. The molecule has 4 nitrogen and oxygen atoms in total. The summed E-state index contributed by atoms with van der Waals surface area (Å²) in [5, 5.41) is 0. The largest absolute Gasteiger partial charge is 0.494 e. The van der Waals surface area contributed by atoms with E-state index >= 15 is 0 Å². The van der Waals surface area contributed by atoms with Gasteiger partial charge in [0.1, 0.15) is 11.6 Å². The molecule has 166 valence electrons. The first kappa shape index (κ1) is 22.0. The minimum atomic E-state index is -0.282. The van der Waals surface area contributed by atoms with Crippen molar-refractivity contribution >= 4 is 5.91 Å². The zero-order valence-corrected chi connectivity index (χ0v) is 18.5. The molecule has 2 heterocycles. The number of carbonyl (C=O) groups excluding carboxylic acids is 1. The van der Waals surface area contributed by atoms with Crippen LogP contribution in [0.25, 0.3) is 0 Å². The number of hydrogen-bond donors (Lipinski definition) is 0. The van der Waals surface area contributed by atoms with Crippen LogP contribution in [0.3, 0.4) is 0 Å². The maximum absolute atomic E-state index is 13.1. The summed E-state index contributed by atoms with van der Waals surface area (Å²) in [5.74, 6) is 0.966. The number of aromatic nitrogens is 1. The molecule has 1 fully saturated rings. The van der Waals surface area contributed by atoms with E-state index < -0.39 is 0 Å². The molecule has 3 aromatic rings. The van der Waals surface area contributed by atoms with Gasteiger partial charge in [0.2, 0.25) is 5.91 Å². The molecule has 0 radical (unpaired) electrons. The van der Waals surface area contributed by atoms with E-state index in [1.807, 2.05) is 36.2 Å². The van der Waals surface area contributed by atoms with E-state index in [9.17, 15) is 9.18 Å². The van der Waals surface area contributed by atoms with Crippen molar-refractivity contribution in [1.82, 2.24) is 9.88 Å². The summed E-state index contributed by atoms with van der Waals surface area (Å²) in [7, 11) is 0. The van der Waals surface area contributed by atoms with Crippen LogP contribution < -0.4 is 4.74 Å². The first-order valence-electron chi connectivity index (χ1n) is 11.3. The molecule has 0 N–H and O–H groups in total. The van der Waals surface area contributed by atoms with E-state index in [1.54, 1.807) is 12.1 Å². The predicted octanol–water partition coefficient (Wildman–Crippen LogP) is 5.16. The Labute approximate surface area is 189 Å². The summed E-state index contributed by atoms with van der Waals surface area (Å²) in [6, 6.07) is 18.5. The van der Waals surface area contributed by atoms with Gasteiger partial charge in [-0.1, -0.05) is 36.4 Å². The summed E-state index contributed by atoms with van der Waals surface area (Å²) in [5.41, 5.74) is 4.17. The number of para-hydroxylation sites is 1. The molecule has 32 heavy (non-hydrogen) atoms. The van der Waals surface area contributed by atoms with Gasteiger partial charge in [-0.3, -0.25) is 9.78 Å². The fourth-order valence-corrected chi connectivity index (χ4v) is 4.28. The van der Waals surface area contributed by atoms with Gasteiger partial charge in [-0.05, 0) is 60.7 Å². The molecular formula is C27H29FN2O2. The van der Waals surface area contributed by atoms with Gasteiger partial charge >= 0.3 is 0 Å². The van der Waals surface area contributed by atoms with E-state index in [0.717, 1.165) is 53.9 Å². The Hall–Kier alpha value is -3.21. The molecule has 0 unspecified atom stereocenters. The fourth-order valence-electron chi connectivity index (χ4n) is 4.28. The summed E-state index contributed by atoms with van der Waals surface area (Å²) >= 11 is 0. The molecule has 1 saturated heterocycles. The third-order valence-corrected chi connectivity index (χ3v) is 5.98. The van der Waals surface area contributed by atoms with Crippen molar-refractivity contribution in [3.05, 3.63) is 95.1 Å². The number of likely N-dealkylation sites (tertiary alicyclic amines) is 1. The fraction of sp³-hybridized carbons (Fsp3) is 0.333. The second-order valence-electron chi connectivity index (χ2n) is 8.29. The van der Waals surface area contributed by atoms with Crippen molar-refractivity contribution in [3.63, 3.8) is 0 Å². The molecule has 0 spiro atoms. The molecule has 4 rings (SSSR count). The first-order chi connectivity index (χ1) is 15.6. The van der Waals surface area contributed by atoms with Crippen LogP contribution in [0.2, 0.25) is 0 Å². The van der Waals surface area contributed by atoms with E-state index in [-0.39, 0.29) is 17.6 Å². The van der Waals surface area contributed by atoms with Crippen molar-refractivity contribution in [3.8, 4) is 5.75 Å². The Balaban J connectivity index is 1.38. The van der Waals surface area contributed by atoms with Crippen molar-refractivity contribution < 1.29 is 13.9 Å². The normalized spacial score (nSPS) is 16.1. The number of hydrogen-bond acceptors (Lipinski definition) is 3. The van der Waals surface area contributed by atoms with Crippen LogP contribution in [0.15, 0.2) is 66.9 Å². The lowest BCUT2D eigenvalue weighted by atomic mass is 9.93. The van der Waals surface area contributed by atoms with Gasteiger partial charge in [0.25, 0.3) is 0 Å². The maximum atomic E-state index is 13.1. The molecule has 1 atom stereocenters. The monoisotopic (exact) mass is 432 g/mol. The highest BCUT2D eigenvalue weighted by atomic mass is 19.1. The Bertz CT molecular complexity index is 1030. The van der Waals surface area contributed by atoms with Gasteiger partial charge in [0.05, 0.1) is 13.0 Å². The summed E-state index contributed by atoms with van der Waals surface area (Å²) in [4.78, 5) is 19.4. The highest BCUT2D eigenvalue weighted by Crippen LogP contribution is 2.27. The first-order valence-corrected chi connectivity index (χ1v) is 11.3. The number of pyridine rings is 1. The van der Waals surface area contributed by atoms with Crippen molar-refractivity contribution in [2.75, 3.05) is 19.7 Å². The molecule has 1 amide bonds. The second kappa shape index (κ2) is 10.4. The van der Waals surface area contributed by atoms with Gasteiger partial charge < -0.3 is 9.64 Å². The number of carbonyl (C=O) groups is 1. The molecule has 2 aromatic carbocycles. The number of halogens is 1. The number of benzene rings is 2. The maximum Gasteiger partial charge on any atom is 0.227 e. The Morgan fingerprint density at radius 2 is 1.88 bits per heavy atom. The lowest BCUT2D eigenvalue weighted by Crippen LogP contribution is -2.40. The van der Waals surface area contributed by atoms with Gasteiger partial charge in [-0.15, -0.1) is 0 Å². The van der Waals surface area contributed by atoms with Gasteiger partial charge in [0.15, 0.2) is 0 Å². The smallest absolute Gasteiger partial charge is 0.227 e. The van der Waals surface area contributed by atoms with Gasteiger partial charge in [-0.25, -0.2) is 4.39 Å². The quantitative estimate of drug-likeness (QED) is 0.518. The van der Waals surface area contributed by atoms with Crippen LogP contribution in [0.5, 0.6) is 5.75 Å².